The lowest BCUT2D eigenvalue weighted by Crippen LogP contribution is -2.38. The van der Waals surface area contributed by atoms with Crippen molar-refractivity contribution in [2.24, 2.45) is 13.0 Å². The van der Waals surface area contributed by atoms with Crippen LogP contribution in [-0.4, -0.2) is 19.2 Å². The molecule has 6 nitrogen and oxygen atoms in total. The van der Waals surface area contributed by atoms with Gasteiger partial charge in [-0.05, 0) is 24.1 Å². The van der Waals surface area contributed by atoms with Crippen molar-refractivity contribution in [3.63, 3.8) is 0 Å². The second kappa shape index (κ2) is 7.00. The minimum Gasteiger partial charge on any atom is -0.383 e. The fourth-order valence-electron chi connectivity index (χ4n) is 3.35. The Hall–Kier alpha value is -2.77. The van der Waals surface area contributed by atoms with E-state index in [9.17, 15) is 14.7 Å². The summed E-state index contributed by atoms with van der Waals surface area (Å²) in [5.74, 6) is 0.249. The van der Waals surface area contributed by atoms with E-state index in [2.05, 4.69) is 4.98 Å². The third-order valence-electron chi connectivity index (χ3n) is 4.77. The highest BCUT2D eigenvalue weighted by atomic mass is 32.1. The van der Waals surface area contributed by atoms with Crippen LogP contribution in [0.5, 0.6) is 0 Å². The summed E-state index contributed by atoms with van der Waals surface area (Å²) < 4.78 is 2.76. The van der Waals surface area contributed by atoms with Crippen molar-refractivity contribution in [1.29, 1.82) is 0 Å². The van der Waals surface area contributed by atoms with E-state index in [-0.39, 0.29) is 17.2 Å². The summed E-state index contributed by atoms with van der Waals surface area (Å²) in [6.07, 6.45) is 0.735. The minimum atomic E-state index is -0.915. The molecule has 0 bridgehead atoms. The highest BCUT2D eigenvalue weighted by Crippen LogP contribution is 2.32. The smallest absolute Gasteiger partial charge is 0.331 e. The Kier molecular flexibility index (Phi) is 4.64. The first-order chi connectivity index (χ1) is 13.4. The average molecular weight is 395 g/mol. The van der Waals surface area contributed by atoms with Crippen molar-refractivity contribution in [3.05, 3.63) is 73.9 Å². The maximum atomic E-state index is 12.6. The largest absolute Gasteiger partial charge is 0.383 e. The Morgan fingerprint density at radius 1 is 1.18 bits per heavy atom. The van der Waals surface area contributed by atoms with Crippen LogP contribution in [0.3, 0.4) is 0 Å². The van der Waals surface area contributed by atoms with Gasteiger partial charge in [-0.1, -0.05) is 32.0 Å². The Labute approximate surface area is 165 Å². The van der Waals surface area contributed by atoms with Crippen molar-refractivity contribution < 1.29 is 5.11 Å². The maximum Gasteiger partial charge on any atom is 0.331 e. The van der Waals surface area contributed by atoms with Gasteiger partial charge in [0.05, 0.1) is 10.9 Å². The molecule has 7 heteroatoms. The van der Waals surface area contributed by atoms with E-state index in [0.717, 1.165) is 15.5 Å². The predicted octanol–water partition coefficient (Wildman–Crippen LogP) is 3.05. The molecule has 0 aliphatic rings. The number of thiophene rings is 1. The fourth-order valence-corrected chi connectivity index (χ4v) is 4.52. The maximum absolute atomic E-state index is 12.6. The predicted molar refractivity (Wildman–Crippen MR) is 112 cm³/mol. The van der Waals surface area contributed by atoms with Crippen molar-refractivity contribution in [2.75, 3.05) is 0 Å². The highest BCUT2D eigenvalue weighted by molar-refractivity contribution is 7.18. The number of aliphatic hydroxyl groups excluding tert-OH is 1. The molecule has 0 radical (unpaired) electrons. The van der Waals surface area contributed by atoms with Crippen molar-refractivity contribution in [3.8, 4) is 0 Å². The SMILES string of the molecule is CC(C)Cn1c(=O)n(C)c(=O)c2cc(C(O)c3cnc4ccccc4c3)sc21. The van der Waals surface area contributed by atoms with Gasteiger partial charge in [-0.3, -0.25) is 18.9 Å². The number of rotatable bonds is 4. The zero-order valence-corrected chi connectivity index (χ0v) is 16.7. The summed E-state index contributed by atoms with van der Waals surface area (Å²) in [7, 11) is 1.49. The Morgan fingerprint density at radius 3 is 2.68 bits per heavy atom. The molecule has 0 aliphatic heterocycles. The number of hydrogen-bond donors (Lipinski definition) is 1. The first-order valence-corrected chi connectivity index (χ1v) is 9.94. The third kappa shape index (κ3) is 3.06. The van der Waals surface area contributed by atoms with Crippen LogP contribution >= 0.6 is 11.3 Å². The van der Waals surface area contributed by atoms with Crippen LogP contribution in [0.25, 0.3) is 21.1 Å². The molecule has 1 unspecified atom stereocenters. The molecule has 4 rings (SSSR count). The highest BCUT2D eigenvalue weighted by Gasteiger charge is 2.20. The summed E-state index contributed by atoms with van der Waals surface area (Å²) >= 11 is 1.28. The Balaban J connectivity index is 1.87. The van der Waals surface area contributed by atoms with Crippen LogP contribution in [0.1, 0.15) is 30.4 Å². The number of aromatic nitrogens is 3. The molecular formula is C21H21N3O3S. The molecule has 0 fully saturated rings. The first-order valence-electron chi connectivity index (χ1n) is 9.13. The molecule has 0 amide bonds. The van der Waals surface area contributed by atoms with E-state index in [4.69, 9.17) is 0 Å². The zero-order valence-electron chi connectivity index (χ0n) is 15.9. The van der Waals surface area contributed by atoms with Gasteiger partial charge in [-0.2, -0.15) is 0 Å². The number of pyridine rings is 1. The second-order valence-corrected chi connectivity index (χ2v) is 8.44. The molecule has 1 aromatic carbocycles. The van der Waals surface area contributed by atoms with E-state index in [1.54, 1.807) is 16.8 Å². The monoisotopic (exact) mass is 395 g/mol. The number of benzene rings is 1. The topological polar surface area (TPSA) is 77.1 Å². The summed E-state index contributed by atoms with van der Waals surface area (Å²) in [5, 5.41) is 12.3. The van der Waals surface area contributed by atoms with Crippen LogP contribution in [0.4, 0.5) is 0 Å². The molecule has 1 N–H and O–H groups in total. The van der Waals surface area contributed by atoms with Gasteiger partial charge in [0.2, 0.25) is 0 Å². The fraction of sp³-hybridized carbons (Fsp3) is 0.286. The summed E-state index contributed by atoms with van der Waals surface area (Å²) in [6, 6.07) is 11.3. The lowest BCUT2D eigenvalue weighted by Gasteiger charge is -2.11. The lowest BCUT2D eigenvalue weighted by atomic mass is 10.1. The van der Waals surface area contributed by atoms with Gasteiger partial charge in [-0.15, -0.1) is 11.3 Å². The molecule has 0 spiro atoms. The number of aliphatic hydroxyl groups is 1. The van der Waals surface area contributed by atoms with Crippen molar-refractivity contribution in [1.82, 2.24) is 14.1 Å². The van der Waals surface area contributed by atoms with Gasteiger partial charge >= 0.3 is 5.69 Å². The lowest BCUT2D eigenvalue weighted by molar-refractivity contribution is 0.224. The number of fused-ring (bicyclic) bond motifs is 2. The summed E-state index contributed by atoms with van der Waals surface area (Å²) in [6.45, 7) is 4.55. The number of nitrogens with zero attached hydrogens (tertiary/aromatic N) is 3. The zero-order chi connectivity index (χ0) is 20.0. The van der Waals surface area contributed by atoms with Gasteiger partial charge in [0.15, 0.2) is 0 Å². The Bertz CT molecular complexity index is 1300. The van der Waals surface area contributed by atoms with E-state index in [0.29, 0.717) is 27.2 Å². The van der Waals surface area contributed by atoms with E-state index in [1.807, 2.05) is 44.2 Å². The quantitative estimate of drug-likeness (QED) is 0.576. The second-order valence-electron chi connectivity index (χ2n) is 7.38. The molecule has 144 valence electrons. The van der Waals surface area contributed by atoms with Crippen LogP contribution < -0.4 is 11.2 Å². The van der Waals surface area contributed by atoms with Crippen molar-refractivity contribution >= 4 is 32.5 Å². The number of para-hydroxylation sites is 1. The molecule has 3 aromatic heterocycles. The van der Waals surface area contributed by atoms with E-state index >= 15 is 0 Å². The average Bonchev–Trinajstić information content (AvgIpc) is 3.14. The van der Waals surface area contributed by atoms with Crippen LogP contribution in [0.2, 0.25) is 0 Å². The van der Waals surface area contributed by atoms with Gasteiger partial charge in [0, 0.05) is 35.6 Å². The number of hydrogen-bond acceptors (Lipinski definition) is 5. The van der Waals surface area contributed by atoms with E-state index < -0.39 is 6.10 Å². The molecule has 0 saturated carbocycles. The van der Waals surface area contributed by atoms with Gasteiger partial charge in [-0.25, -0.2) is 4.79 Å². The third-order valence-corrected chi connectivity index (χ3v) is 5.98. The van der Waals surface area contributed by atoms with Crippen LogP contribution in [0, 0.1) is 5.92 Å². The minimum absolute atomic E-state index is 0.249. The Morgan fingerprint density at radius 2 is 1.93 bits per heavy atom. The van der Waals surface area contributed by atoms with E-state index in [1.165, 1.54) is 18.4 Å². The van der Waals surface area contributed by atoms with Crippen LogP contribution in [-0.2, 0) is 13.6 Å². The van der Waals surface area contributed by atoms with Crippen molar-refractivity contribution in [2.45, 2.75) is 26.5 Å². The normalized spacial score (nSPS) is 12.9. The summed E-state index contributed by atoms with van der Waals surface area (Å²) in [5.41, 5.74) is 0.835. The summed E-state index contributed by atoms with van der Waals surface area (Å²) in [4.78, 5) is 30.8. The standard InChI is InChI=1S/C21H21N3O3S/c1-12(2)11-24-20-15(19(26)23(3)21(24)27)9-17(28-20)18(25)14-8-13-6-4-5-7-16(13)22-10-14/h4-10,12,18,25H,11H2,1-3H3. The van der Waals surface area contributed by atoms with Crippen LogP contribution in [0.15, 0.2) is 52.2 Å². The van der Waals surface area contributed by atoms with Gasteiger partial charge in [0.25, 0.3) is 5.56 Å². The molecule has 3 heterocycles. The molecule has 28 heavy (non-hydrogen) atoms. The van der Waals surface area contributed by atoms with Gasteiger partial charge < -0.3 is 5.11 Å². The molecular weight excluding hydrogens is 374 g/mol. The molecule has 0 saturated heterocycles. The first kappa shape index (κ1) is 18.6. The van der Waals surface area contributed by atoms with Gasteiger partial charge in [0.1, 0.15) is 10.9 Å². The molecule has 4 aromatic rings. The molecule has 1 atom stereocenters. The molecule has 0 aliphatic carbocycles.